The van der Waals surface area contributed by atoms with Gasteiger partial charge in [-0.15, -0.1) is 0 Å². The van der Waals surface area contributed by atoms with E-state index in [4.69, 9.17) is 4.42 Å². The highest BCUT2D eigenvalue weighted by Crippen LogP contribution is 2.23. The molecule has 2 atom stereocenters. The lowest BCUT2D eigenvalue weighted by Gasteiger charge is -2.15. The Bertz CT molecular complexity index is 686. The number of hydrogen-bond acceptors (Lipinski definition) is 6. The molecule has 1 aromatic heterocycles. The molecule has 3 N–H and O–H groups in total. The summed E-state index contributed by atoms with van der Waals surface area (Å²) >= 11 is 0. The molecule has 0 saturated carbocycles. The number of likely N-dealkylation sites (tertiary alicyclic amines) is 1. The second-order valence-electron chi connectivity index (χ2n) is 5.10. The lowest BCUT2D eigenvalue weighted by molar-refractivity contribution is 0.0572. The summed E-state index contributed by atoms with van der Waals surface area (Å²) in [5, 5.41) is 29.3. The van der Waals surface area contributed by atoms with Gasteiger partial charge in [-0.05, 0) is 17.7 Å². The van der Waals surface area contributed by atoms with Crippen molar-refractivity contribution in [2.24, 2.45) is 0 Å². The van der Waals surface area contributed by atoms with Crippen LogP contribution in [-0.2, 0) is 6.54 Å². The average Bonchev–Trinajstić information content (AvgIpc) is 2.67. The minimum Gasteiger partial charge on any atom is -0.508 e. The van der Waals surface area contributed by atoms with Crippen molar-refractivity contribution in [3.63, 3.8) is 0 Å². The van der Waals surface area contributed by atoms with Gasteiger partial charge in [-0.3, -0.25) is 4.90 Å². The minimum atomic E-state index is -0.759. The second kappa shape index (κ2) is 4.90. The maximum absolute atomic E-state index is 11.6. The van der Waals surface area contributed by atoms with Crippen LogP contribution < -0.4 is 5.63 Å². The van der Waals surface area contributed by atoms with Crippen molar-refractivity contribution in [3.05, 3.63) is 40.2 Å². The number of rotatable bonds is 2. The van der Waals surface area contributed by atoms with E-state index in [0.717, 1.165) is 10.9 Å². The van der Waals surface area contributed by atoms with Gasteiger partial charge >= 0.3 is 5.63 Å². The van der Waals surface area contributed by atoms with Crippen LogP contribution in [-0.4, -0.2) is 45.5 Å². The van der Waals surface area contributed by atoms with E-state index in [1.165, 1.54) is 18.2 Å². The van der Waals surface area contributed by atoms with E-state index >= 15 is 0 Å². The zero-order chi connectivity index (χ0) is 14.3. The molecular weight excluding hydrogens is 262 g/mol. The first-order valence-corrected chi connectivity index (χ1v) is 6.37. The fourth-order valence-corrected chi connectivity index (χ4v) is 2.57. The Labute approximate surface area is 114 Å². The van der Waals surface area contributed by atoms with Crippen LogP contribution in [0.4, 0.5) is 0 Å². The van der Waals surface area contributed by atoms with Crippen LogP contribution in [0.15, 0.2) is 33.5 Å². The Hall–Kier alpha value is -1.89. The SMILES string of the molecule is O=c1cc(CN2C[C@@H](O)[C@@H](O)C2)c2ccc(O)cc2o1. The van der Waals surface area contributed by atoms with E-state index in [1.807, 2.05) is 4.90 Å². The number of β-amino-alcohol motifs (C(OH)–C–C–N with tert-alkyl or cyclic N) is 2. The van der Waals surface area contributed by atoms with E-state index in [0.29, 0.717) is 25.2 Å². The molecule has 2 aromatic rings. The summed E-state index contributed by atoms with van der Waals surface area (Å²) in [5.41, 5.74) is 0.587. The van der Waals surface area contributed by atoms with Gasteiger partial charge in [0, 0.05) is 37.2 Å². The quantitative estimate of drug-likeness (QED) is 0.671. The number of aromatic hydroxyl groups is 1. The van der Waals surface area contributed by atoms with Gasteiger partial charge in [0.2, 0.25) is 0 Å². The summed E-state index contributed by atoms with van der Waals surface area (Å²) in [6.07, 6.45) is -1.52. The summed E-state index contributed by atoms with van der Waals surface area (Å²) in [5.74, 6) is 0.0322. The largest absolute Gasteiger partial charge is 0.508 e. The normalized spacial score (nSPS) is 23.5. The monoisotopic (exact) mass is 277 g/mol. The molecule has 106 valence electrons. The number of phenolic OH excluding ortho intramolecular Hbond substituents is 1. The molecule has 1 fully saturated rings. The molecule has 2 heterocycles. The Balaban J connectivity index is 1.97. The predicted octanol–water partition coefficient (Wildman–Crippen LogP) is 0.0360. The van der Waals surface area contributed by atoms with Crippen LogP contribution >= 0.6 is 0 Å². The highest BCUT2D eigenvalue weighted by Gasteiger charge is 2.29. The fraction of sp³-hybridized carbons (Fsp3) is 0.357. The molecule has 6 nitrogen and oxygen atoms in total. The second-order valence-corrected chi connectivity index (χ2v) is 5.10. The van der Waals surface area contributed by atoms with Crippen molar-refractivity contribution in [1.82, 2.24) is 4.90 Å². The zero-order valence-electron chi connectivity index (χ0n) is 10.7. The lowest BCUT2D eigenvalue weighted by atomic mass is 10.1. The first kappa shape index (κ1) is 13.1. The van der Waals surface area contributed by atoms with Crippen LogP contribution in [0.3, 0.4) is 0 Å². The van der Waals surface area contributed by atoms with Crippen LogP contribution in [0.2, 0.25) is 0 Å². The number of hydrogen-bond donors (Lipinski definition) is 3. The minimum absolute atomic E-state index is 0.0322. The molecular formula is C14H15NO5. The topological polar surface area (TPSA) is 94.1 Å². The molecule has 0 unspecified atom stereocenters. The number of phenols is 1. The Morgan fingerprint density at radius 2 is 1.90 bits per heavy atom. The van der Waals surface area contributed by atoms with E-state index in [2.05, 4.69) is 0 Å². The summed E-state index contributed by atoms with van der Waals surface area (Å²) in [7, 11) is 0. The molecule has 1 saturated heterocycles. The van der Waals surface area contributed by atoms with Gasteiger partial charge in [0.25, 0.3) is 0 Å². The molecule has 1 aliphatic rings. The standard InChI is InChI=1S/C14H15NO5/c16-9-1-2-10-8(3-14(19)20-13(10)4-9)5-15-6-11(17)12(18)7-15/h1-4,11-12,16-18H,5-7H2/t11-,12+. The number of aliphatic hydroxyl groups is 2. The Kier molecular flexibility index (Phi) is 3.21. The number of nitrogens with zero attached hydrogens (tertiary/aromatic N) is 1. The van der Waals surface area contributed by atoms with Gasteiger partial charge in [0.1, 0.15) is 11.3 Å². The van der Waals surface area contributed by atoms with E-state index in [1.54, 1.807) is 6.07 Å². The number of fused-ring (bicyclic) bond motifs is 1. The molecule has 1 aromatic carbocycles. The molecule has 0 spiro atoms. The highest BCUT2D eigenvalue weighted by molar-refractivity contribution is 5.81. The first-order chi connectivity index (χ1) is 9.52. The van der Waals surface area contributed by atoms with Crippen LogP contribution in [0.25, 0.3) is 11.0 Å². The van der Waals surface area contributed by atoms with Crippen LogP contribution in [0.1, 0.15) is 5.56 Å². The maximum atomic E-state index is 11.6. The number of benzene rings is 1. The van der Waals surface area contributed by atoms with Crippen molar-refractivity contribution in [2.45, 2.75) is 18.8 Å². The van der Waals surface area contributed by atoms with Gasteiger partial charge < -0.3 is 19.7 Å². The van der Waals surface area contributed by atoms with E-state index in [-0.39, 0.29) is 5.75 Å². The summed E-state index contributed by atoms with van der Waals surface area (Å²) in [6.45, 7) is 1.16. The van der Waals surface area contributed by atoms with Gasteiger partial charge in [-0.25, -0.2) is 4.79 Å². The van der Waals surface area contributed by atoms with Gasteiger partial charge in [-0.2, -0.15) is 0 Å². The molecule has 0 amide bonds. The molecule has 20 heavy (non-hydrogen) atoms. The third kappa shape index (κ3) is 2.40. The first-order valence-electron chi connectivity index (χ1n) is 6.37. The third-order valence-electron chi connectivity index (χ3n) is 3.54. The zero-order valence-corrected chi connectivity index (χ0v) is 10.7. The molecule has 0 bridgehead atoms. The molecule has 6 heteroatoms. The van der Waals surface area contributed by atoms with Crippen molar-refractivity contribution < 1.29 is 19.7 Å². The Morgan fingerprint density at radius 1 is 1.20 bits per heavy atom. The van der Waals surface area contributed by atoms with Gasteiger partial charge in [-0.1, -0.05) is 0 Å². The summed E-state index contributed by atoms with van der Waals surface area (Å²) < 4.78 is 5.06. The molecule has 3 rings (SSSR count). The van der Waals surface area contributed by atoms with Crippen molar-refractivity contribution >= 4 is 11.0 Å². The fourth-order valence-electron chi connectivity index (χ4n) is 2.57. The average molecular weight is 277 g/mol. The molecule has 0 aliphatic carbocycles. The number of aliphatic hydroxyl groups excluding tert-OH is 2. The van der Waals surface area contributed by atoms with Crippen molar-refractivity contribution in [3.8, 4) is 5.75 Å². The highest BCUT2D eigenvalue weighted by atomic mass is 16.4. The summed E-state index contributed by atoms with van der Waals surface area (Å²) in [4.78, 5) is 13.4. The Morgan fingerprint density at radius 3 is 2.60 bits per heavy atom. The molecule has 0 radical (unpaired) electrons. The van der Waals surface area contributed by atoms with Gasteiger partial charge in [0.05, 0.1) is 12.2 Å². The van der Waals surface area contributed by atoms with Crippen LogP contribution in [0.5, 0.6) is 5.75 Å². The van der Waals surface area contributed by atoms with E-state index < -0.39 is 17.8 Å². The van der Waals surface area contributed by atoms with Crippen molar-refractivity contribution in [2.75, 3.05) is 13.1 Å². The lowest BCUT2D eigenvalue weighted by Crippen LogP contribution is -2.22. The van der Waals surface area contributed by atoms with E-state index in [9.17, 15) is 20.1 Å². The van der Waals surface area contributed by atoms with Crippen LogP contribution in [0, 0.1) is 0 Å². The van der Waals surface area contributed by atoms with Gasteiger partial charge in [0.15, 0.2) is 0 Å². The van der Waals surface area contributed by atoms with Crippen molar-refractivity contribution in [1.29, 1.82) is 0 Å². The summed E-state index contributed by atoms with van der Waals surface area (Å²) in [6, 6.07) is 6.01. The maximum Gasteiger partial charge on any atom is 0.336 e. The third-order valence-corrected chi connectivity index (χ3v) is 3.54. The smallest absolute Gasteiger partial charge is 0.336 e. The predicted molar refractivity (Wildman–Crippen MR) is 71.4 cm³/mol. The molecule has 1 aliphatic heterocycles.